The van der Waals surface area contributed by atoms with Crippen molar-refractivity contribution in [3.63, 3.8) is 0 Å². The van der Waals surface area contributed by atoms with Gasteiger partial charge in [-0.3, -0.25) is 4.57 Å². The summed E-state index contributed by atoms with van der Waals surface area (Å²) in [6, 6.07) is 0. The molecule has 0 saturated carbocycles. The van der Waals surface area contributed by atoms with Crippen LogP contribution in [0.15, 0.2) is 6.33 Å². The minimum atomic E-state index is -2.12. The Morgan fingerprint density at radius 3 is 3.00 bits per heavy atom. The molecule has 12 heteroatoms. The summed E-state index contributed by atoms with van der Waals surface area (Å²) in [5, 5.41) is 0. The first kappa shape index (κ1) is 17.7. The number of aromatic nitrogens is 4. The van der Waals surface area contributed by atoms with E-state index in [1.807, 2.05) is 13.8 Å². The van der Waals surface area contributed by atoms with E-state index in [4.69, 9.17) is 24.3 Å². The number of imidazole rings is 1. The van der Waals surface area contributed by atoms with E-state index in [9.17, 15) is 4.89 Å². The quantitative estimate of drug-likeness (QED) is 0.752. The van der Waals surface area contributed by atoms with Gasteiger partial charge in [0.05, 0.1) is 19.0 Å². The summed E-state index contributed by atoms with van der Waals surface area (Å²) in [6.07, 6.45) is -1.48. The van der Waals surface area contributed by atoms with Gasteiger partial charge in [-0.2, -0.15) is 9.97 Å². The zero-order valence-corrected chi connectivity index (χ0v) is 15.3. The minimum absolute atomic E-state index is 0.0238. The molecule has 0 amide bonds. The van der Waals surface area contributed by atoms with Gasteiger partial charge in [0.2, 0.25) is 11.8 Å². The van der Waals surface area contributed by atoms with Crippen LogP contribution in [0.2, 0.25) is 0 Å². The van der Waals surface area contributed by atoms with Gasteiger partial charge in [0.15, 0.2) is 23.1 Å². The molecule has 10 nitrogen and oxygen atoms in total. The fourth-order valence-electron chi connectivity index (χ4n) is 3.16. The fourth-order valence-corrected chi connectivity index (χ4v) is 4.03. The summed E-state index contributed by atoms with van der Waals surface area (Å²) in [4.78, 5) is 22.0. The molecule has 2 aromatic rings. The van der Waals surface area contributed by atoms with Crippen molar-refractivity contribution in [1.82, 2.24) is 19.5 Å². The van der Waals surface area contributed by atoms with Gasteiger partial charge in [0.1, 0.15) is 12.2 Å². The topological polar surface area (TPSA) is 127 Å². The third-order valence-electron chi connectivity index (χ3n) is 4.24. The molecular formula is C14H19FN5O5P. The van der Waals surface area contributed by atoms with Gasteiger partial charge < -0.3 is 29.1 Å². The van der Waals surface area contributed by atoms with Crippen LogP contribution in [0.4, 0.5) is 10.3 Å². The fraction of sp³-hybridized carbons (Fsp3) is 0.643. The number of nitrogens with two attached hydrogens (primary N) is 1. The molecule has 2 saturated heterocycles. The summed E-state index contributed by atoms with van der Waals surface area (Å²) in [7, 11) is -2.12. The first-order valence-corrected chi connectivity index (χ1v) is 9.20. The summed E-state index contributed by atoms with van der Waals surface area (Å²) in [5.74, 6) is 0.194. The molecule has 0 spiro atoms. The second-order valence-corrected chi connectivity index (χ2v) is 7.56. The van der Waals surface area contributed by atoms with Crippen LogP contribution in [-0.2, 0) is 13.8 Å². The Morgan fingerprint density at radius 2 is 2.27 bits per heavy atom. The Bertz CT molecular complexity index is 833. The van der Waals surface area contributed by atoms with Gasteiger partial charge in [-0.25, -0.2) is 9.37 Å². The van der Waals surface area contributed by atoms with E-state index in [2.05, 4.69) is 15.0 Å². The molecule has 4 rings (SSSR count). The number of rotatable bonds is 3. The average molecular weight is 387 g/mol. The van der Waals surface area contributed by atoms with Crippen LogP contribution in [0.1, 0.15) is 27.0 Å². The standard InChI is InChI=1S/C14H19FN5O5P/c1-6(2)23-11-8-10(18-13(16)19-11)20(5-17-8)12-14(3,15)9-7(24-12)4-22-26(21)25-9/h5-7,9,12,21H,4H2,1-3H3,(H2,16,18,19)/t7-,9-,12-,14-,26+/m1/s1. The lowest BCUT2D eigenvalue weighted by Gasteiger charge is -2.31. The van der Waals surface area contributed by atoms with Gasteiger partial charge in [-0.1, -0.05) is 0 Å². The van der Waals surface area contributed by atoms with Gasteiger partial charge in [0.25, 0.3) is 0 Å². The molecule has 2 aromatic heterocycles. The highest BCUT2D eigenvalue weighted by molar-refractivity contribution is 7.40. The maximum Gasteiger partial charge on any atom is 0.330 e. The number of nitrogen functional groups attached to an aromatic ring is 1. The zero-order valence-electron chi connectivity index (χ0n) is 14.4. The number of halogens is 1. The van der Waals surface area contributed by atoms with E-state index in [1.165, 1.54) is 17.8 Å². The lowest BCUT2D eigenvalue weighted by molar-refractivity contribution is -0.0601. The first-order chi connectivity index (χ1) is 12.3. The highest BCUT2D eigenvalue weighted by Gasteiger charge is 2.59. The average Bonchev–Trinajstić information content (AvgIpc) is 3.06. The van der Waals surface area contributed by atoms with Crippen LogP contribution in [0.3, 0.4) is 0 Å². The second-order valence-electron chi connectivity index (χ2n) is 6.62. The molecule has 0 radical (unpaired) electrons. The van der Waals surface area contributed by atoms with Crippen molar-refractivity contribution in [3.05, 3.63) is 6.33 Å². The van der Waals surface area contributed by atoms with Gasteiger partial charge in [-0.05, 0) is 20.8 Å². The van der Waals surface area contributed by atoms with Crippen LogP contribution in [0.25, 0.3) is 11.2 Å². The molecule has 2 aliphatic heterocycles. The summed E-state index contributed by atoms with van der Waals surface area (Å²) in [6.45, 7) is 5.07. The normalized spacial score (nSPS) is 34.4. The van der Waals surface area contributed by atoms with Crippen molar-refractivity contribution < 1.29 is 27.8 Å². The van der Waals surface area contributed by atoms with Crippen molar-refractivity contribution in [2.24, 2.45) is 0 Å². The third-order valence-corrected chi connectivity index (χ3v) is 5.02. The first-order valence-electron chi connectivity index (χ1n) is 8.07. The second kappa shape index (κ2) is 6.21. The number of nitrogens with zero attached hydrogens (tertiary/aromatic N) is 4. The van der Waals surface area contributed by atoms with Gasteiger partial charge in [-0.15, -0.1) is 0 Å². The number of ether oxygens (including phenoxy) is 2. The Balaban J connectivity index is 1.76. The van der Waals surface area contributed by atoms with Crippen molar-refractivity contribution in [2.75, 3.05) is 12.3 Å². The summed E-state index contributed by atoms with van der Waals surface area (Å²) >= 11 is 0. The monoisotopic (exact) mass is 387 g/mol. The molecule has 5 atom stereocenters. The third kappa shape index (κ3) is 2.80. The molecule has 0 aromatic carbocycles. The van der Waals surface area contributed by atoms with E-state index in [-0.39, 0.29) is 30.2 Å². The van der Waals surface area contributed by atoms with Crippen LogP contribution >= 0.6 is 8.60 Å². The Labute approximate surface area is 149 Å². The van der Waals surface area contributed by atoms with E-state index in [0.717, 1.165) is 0 Å². The Hall–Kier alpha value is -1.65. The maximum absolute atomic E-state index is 15.5. The molecule has 3 N–H and O–H groups in total. The van der Waals surface area contributed by atoms with E-state index >= 15 is 4.39 Å². The molecule has 0 aliphatic carbocycles. The maximum atomic E-state index is 15.5. The molecule has 26 heavy (non-hydrogen) atoms. The lowest BCUT2D eigenvalue weighted by atomic mass is 9.98. The van der Waals surface area contributed by atoms with Crippen molar-refractivity contribution in [3.8, 4) is 5.88 Å². The Morgan fingerprint density at radius 1 is 1.50 bits per heavy atom. The highest BCUT2D eigenvalue weighted by Crippen LogP contribution is 2.52. The lowest BCUT2D eigenvalue weighted by Crippen LogP contribution is -2.44. The minimum Gasteiger partial charge on any atom is -0.473 e. The number of anilines is 1. The molecular weight excluding hydrogens is 368 g/mol. The highest BCUT2D eigenvalue weighted by atomic mass is 31.2. The molecule has 2 fully saturated rings. The van der Waals surface area contributed by atoms with Crippen LogP contribution in [-0.4, -0.2) is 55.0 Å². The van der Waals surface area contributed by atoms with Crippen LogP contribution in [0.5, 0.6) is 5.88 Å². The van der Waals surface area contributed by atoms with Gasteiger partial charge in [0, 0.05) is 0 Å². The predicted molar refractivity (Wildman–Crippen MR) is 88.9 cm³/mol. The molecule has 4 heterocycles. The van der Waals surface area contributed by atoms with E-state index in [1.54, 1.807) is 0 Å². The summed E-state index contributed by atoms with van der Waals surface area (Å²) < 4.78 is 38.7. The summed E-state index contributed by atoms with van der Waals surface area (Å²) in [5.41, 5.74) is 4.46. The molecule has 0 bridgehead atoms. The van der Waals surface area contributed by atoms with Crippen molar-refractivity contribution in [1.29, 1.82) is 0 Å². The van der Waals surface area contributed by atoms with E-state index in [0.29, 0.717) is 5.52 Å². The predicted octanol–water partition coefficient (Wildman–Crippen LogP) is 1.46. The molecule has 2 aliphatic rings. The van der Waals surface area contributed by atoms with Crippen molar-refractivity contribution >= 4 is 25.7 Å². The largest absolute Gasteiger partial charge is 0.473 e. The molecule has 0 unspecified atom stereocenters. The van der Waals surface area contributed by atoms with E-state index < -0.39 is 32.7 Å². The number of hydrogen-bond acceptors (Lipinski definition) is 9. The van der Waals surface area contributed by atoms with Crippen LogP contribution < -0.4 is 10.5 Å². The number of hydrogen-bond donors (Lipinski definition) is 2. The zero-order chi connectivity index (χ0) is 18.6. The SMILES string of the molecule is CC(C)Oc1nc(N)nc2c1ncn2[C@@H]1O[C@@H]2CO[P@](O)O[C@H]2[C@@]1(C)F. The van der Waals surface area contributed by atoms with Crippen LogP contribution in [0, 0.1) is 0 Å². The number of fused-ring (bicyclic) bond motifs is 2. The Kier molecular flexibility index (Phi) is 4.24. The molecule has 142 valence electrons. The number of alkyl halides is 1. The van der Waals surface area contributed by atoms with Crippen molar-refractivity contribution in [2.45, 2.75) is 51.0 Å². The van der Waals surface area contributed by atoms with Gasteiger partial charge >= 0.3 is 8.60 Å². The smallest absolute Gasteiger partial charge is 0.330 e.